The average Bonchev–Trinajstić information content (AvgIpc) is 3.49. The lowest BCUT2D eigenvalue weighted by atomic mass is 9.66. The third-order valence-corrected chi connectivity index (χ3v) is 13.5. The standard InChI is InChI=1S/C61H39NO/c1-2-16-40(17-3-1)41-30-32-42(33-31-41)62(44-35-37-60-54(39-44)48-21-7-6-20-47(48)52-25-11-15-29-59(52)63-60)43-34-36-58-53(38-43)51-24-10-14-28-57(51)61(58)55-26-12-8-22-49(55)45-18-4-5-19-46(45)50-23-9-13-27-56(50)61/h1-39H. The molecule has 0 N–H and O–H groups in total. The molecule has 1 aliphatic heterocycles. The van der Waals surface area contributed by atoms with Crippen LogP contribution >= 0.6 is 0 Å². The number of benzene rings is 10. The molecule has 2 nitrogen and oxygen atoms in total. The van der Waals surface area contributed by atoms with Crippen molar-refractivity contribution in [3.8, 4) is 78.3 Å². The molecule has 13 rings (SSSR count). The molecule has 0 radical (unpaired) electrons. The van der Waals surface area contributed by atoms with E-state index in [1.54, 1.807) is 0 Å². The summed E-state index contributed by atoms with van der Waals surface area (Å²) in [6.07, 6.45) is 0. The Morgan fingerprint density at radius 3 is 1.24 bits per heavy atom. The number of hydrogen-bond donors (Lipinski definition) is 0. The summed E-state index contributed by atoms with van der Waals surface area (Å²) >= 11 is 0. The number of nitrogens with zero attached hydrogens (tertiary/aromatic N) is 1. The van der Waals surface area contributed by atoms with Crippen LogP contribution in [-0.4, -0.2) is 0 Å². The summed E-state index contributed by atoms with van der Waals surface area (Å²) in [5.41, 5.74) is 22.3. The zero-order valence-corrected chi connectivity index (χ0v) is 34.4. The maximum Gasteiger partial charge on any atom is 0.135 e. The molecule has 0 unspecified atom stereocenters. The monoisotopic (exact) mass is 801 g/mol. The molecule has 63 heavy (non-hydrogen) atoms. The van der Waals surface area contributed by atoms with E-state index in [0.29, 0.717) is 0 Å². The SMILES string of the molecule is c1ccc(-c2ccc(N(c3ccc4c(c3)-c3ccccc3-c3ccccc3O4)c3ccc4c(c3)-c3ccccc3C43c4ccccc4-c4ccccc4-c4ccccc43)cc2)cc1. The molecular weight excluding hydrogens is 763 g/mol. The normalized spacial score (nSPS) is 13.0. The third-order valence-electron chi connectivity index (χ3n) is 13.5. The minimum Gasteiger partial charge on any atom is -0.456 e. The van der Waals surface area contributed by atoms with Crippen LogP contribution in [0.2, 0.25) is 0 Å². The van der Waals surface area contributed by atoms with Crippen LogP contribution in [0.4, 0.5) is 17.1 Å². The first-order valence-electron chi connectivity index (χ1n) is 21.8. The minimum atomic E-state index is -0.543. The van der Waals surface area contributed by atoms with Gasteiger partial charge in [-0.2, -0.15) is 0 Å². The van der Waals surface area contributed by atoms with Crippen LogP contribution in [-0.2, 0) is 5.41 Å². The van der Waals surface area contributed by atoms with Crippen molar-refractivity contribution >= 4 is 17.1 Å². The molecule has 1 spiro atoms. The van der Waals surface area contributed by atoms with E-state index < -0.39 is 5.41 Å². The predicted molar refractivity (Wildman–Crippen MR) is 259 cm³/mol. The molecule has 3 aliphatic rings. The Morgan fingerprint density at radius 1 is 0.254 bits per heavy atom. The van der Waals surface area contributed by atoms with Crippen LogP contribution in [0.3, 0.4) is 0 Å². The lowest BCUT2D eigenvalue weighted by molar-refractivity contribution is 0.488. The Kier molecular flexibility index (Phi) is 7.85. The third kappa shape index (κ3) is 5.25. The van der Waals surface area contributed by atoms with Crippen molar-refractivity contribution in [2.45, 2.75) is 5.41 Å². The second-order valence-electron chi connectivity index (χ2n) is 16.7. The Hall–Kier alpha value is -8.20. The number of rotatable bonds is 4. The number of anilines is 3. The van der Waals surface area contributed by atoms with Gasteiger partial charge in [0, 0.05) is 28.2 Å². The van der Waals surface area contributed by atoms with E-state index in [1.807, 2.05) is 6.07 Å². The van der Waals surface area contributed by atoms with E-state index in [4.69, 9.17) is 4.74 Å². The second kappa shape index (κ2) is 13.9. The summed E-state index contributed by atoms with van der Waals surface area (Å²) < 4.78 is 6.73. The van der Waals surface area contributed by atoms with Crippen LogP contribution in [0.1, 0.15) is 22.3 Å². The highest BCUT2D eigenvalue weighted by molar-refractivity contribution is 5.99. The van der Waals surface area contributed by atoms with Crippen molar-refractivity contribution in [2.24, 2.45) is 0 Å². The molecule has 0 amide bonds. The molecule has 0 saturated carbocycles. The van der Waals surface area contributed by atoms with Crippen molar-refractivity contribution in [1.82, 2.24) is 0 Å². The smallest absolute Gasteiger partial charge is 0.135 e. The molecule has 2 heteroatoms. The Morgan fingerprint density at radius 2 is 0.635 bits per heavy atom. The molecule has 0 fully saturated rings. The molecule has 0 atom stereocenters. The molecule has 0 saturated heterocycles. The van der Waals surface area contributed by atoms with Gasteiger partial charge in [0.25, 0.3) is 0 Å². The summed E-state index contributed by atoms with van der Waals surface area (Å²) in [6, 6.07) is 86.6. The molecular formula is C61H39NO. The van der Waals surface area contributed by atoms with E-state index in [9.17, 15) is 0 Å². The van der Waals surface area contributed by atoms with E-state index in [2.05, 4.69) is 235 Å². The first kappa shape index (κ1) is 35.5. The first-order chi connectivity index (χ1) is 31.3. The lowest BCUT2D eigenvalue weighted by Gasteiger charge is -2.35. The quantitative estimate of drug-likeness (QED) is 0.176. The first-order valence-corrected chi connectivity index (χ1v) is 21.8. The van der Waals surface area contributed by atoms with E-state index >= 15 is 0 Å². The largest absolute Gasteiger partial charge is 0.456 e. The van der Waals surface area contributed by atoms with Crippen LogP contribution in [0.5, 0.6) is 11.5 Å². The number of para-hydroxylation sites is 1. The number of hydrogen-bond acceptors (Lipinski definition) is 2. The molecule has 294 valence electrons. The Labute approximate surface area is 367 Å². The summed E-state index contributed by atoms with van der Waals surface area (Å²) in [5, 5.41) is 0. The molecule has 2 aliphatic carbocycles. The van der Waals surface area contributed by atoms with Gasteiger partial charge in [-0.3, -0.25) is 0 Å². The Balaban J connectivity index is 1.05. The van der Waals surface area contributed by atoms with Gasteiger partial charge in [0.15, 0.2) is 0 Å². The van der Waals surface area contributed by atoms with Crippen molar-refractivity contribution < 1.29 is 4.74 Å². The maximum absolute atomic E-state index is 6.73. The highest BCUT2D eigenvalue weighted by Gasteiger charge is 2.49. The van der Waals surface area contributed by atoms with Gasteiger partial charge in [-0.15, -0.1) is 0 Å². The zero-order chi connectivity index (χ0) is 41.5. The van der Waals surface area contributed by atoms with Crippen LogP contribution < -0.4 is 9.64 Å². The summed E-state index contributed by atoms with van der Waals surface area (Å²) in [7, 11) is 0. The zero-order valence-electron chi connectivity index (χ0n) is 34.4. The van der Waals surface area contributed by atoms with Crippen LogP contribution in [0.25, 0.3) is 66.8 Å². The van der Waals surface area contributed by atoms with Gasteiger partial charge in [-0.1, -0.05) is 188 Å². The van der Waals surface area contributed by atoms with Gasteiger partial charge in [-0.05, 0) is 126 Å². The fourth-order valence-electron chi connectivity index (χ4n) is 10.9. The number of fused-ring (bicyclic) bond motifs is 17. The van der Waals surface area contributed by atoms with E-state index in [-0.39, 0.29) is 0 Å². The van der Waals surface area contributed by atoms with Crippen LogP contribution in [0, 0.1) is 0 Å². The Bertz CT molecular complexity index is 3370. The highest BCUT2D eigenvalue weighted by Crippen LogP contribution is 2.62. The predicted octanol–water partition coefficient (Wildman–Crippen LogP) is 16.3. The van der Waals surface area contributed by atoms with E-state index in [0.717, 1.165) is 50.8 Å². The average molecular weight is 802 g/mol. The fourth-order valence-corrected chi connectivity index (χ4v) is 10.9. The van der Waals surface area contributed by atoms with E-state index in [1.165, 1.54) is 66.8 Å². The fraction of sp³-hybridized carbons (Fsp3) is 0.0164. The second-order valence-corrected chi connectivity index (χ2v) is 16.7. The van der Waals surface area contributed by atoms with Crippen molar-refractivity contribution in [1.29, 1.82) is 0 Å². The molecule has 0 bridgehead atoms. The summed E-state index contributed by atoms with van der Waals surface area (Å²) in [5.74, 6) is 1.70. The maximum atomic E-state index is 6.73. The molecule has 1 heterocycles. The minimum absolute atomic E-state index is 0.543. The highest BCUT2D eigenvalue weighted by atomic mass is 16.5. The lowest BCUT2D eigenvalue weighted by Crippen LogP contribution is -2.29. The van der Waals surface area contributed by atoms with Gasteiger partial charge < -0.3 is 9.64 Å². The summed E-state index contributed by atoms with van der Waals surface area (Å²) in [4.78, 5) is 2.41. The molecule has 10 aromatic carbocycles. The van der Waals surface area contributed by atoms with Crippen LogP contribution in [0.15, 0.2) is 237 Å². The number of ether oxygens (including phenoxy) is 1. The van der Waals surface area contributed by atoms with Gasteiger partial charge in [0.2, 0.25) is 0 Å². The summed E-state index contributed by atoms with van der Waals surface area (Å²) in [6.45, 7) is 0. The van der Waals surface area contributed by atoms with Gasteiger partial charge >= 0.3 is 0 Å². The molecule has 10 aromatic rings. The van der Waals surface area contributed by atoms with Gasteiger partial charge in [0.05, 0.1) is 5.41 Å². The molecule has 0 aromatic heterocycles. The van der Waals surface area contributed by atoms with Gasteiger partial charge in [0.1, 0.15) is 11.5 Å². The van der Waals surface area contributed by atoms with Crippen molar-refractivity contribution in [2.75, 3.05) is 4.90 Å². The van der Waals surface area contributed by atoms with Crippen molar-refractivity contribution in [3.05, 3.63) is 259 Å². The van der Waals surface area contributed by atoms with Crippen molar-refractivity contribution in [3.63, 3.8) is 0 Å². The van der Waals surface area contributed by atoms with Gasteiger partial charge in [-0.25, -0.2) is 0 Å². The topological polar surface area (TPSA) is 12.5 Å².